The monoisotopic (exact) mass is 328 g/mol. The summed E-state index contributed by atoms with van der Waals surface area (Å²) in [4.78, 5) is 11.9. The van der Waals surface area contributed by atoms with Crippen LogP contribution in [-0.4, -0.2) is 18.5 Å². The standard InChI is InChI=1S/C17H23F3N2O/c1-12(13-6-5-7-14(10-13)17(18,19)20)21-11-16(23)22-15-8-3-2-4-9-15/h5-7,10,12,15,21H,2-4,8-9,11H2,1H3,(H,22,23). The molecule has 6 heteroatoms. The van der Waals surface area contributed by atoms with E-state index in [1.165, 1.54) is 12.5 Å². The molecule has 128 valence electrons. The minimum atomic E-state index is -4.35. The fourth-order valence-electron chi connectivity index (χ4n) is 2.87. The van der Waals surface area contributed by atoms with E-state index in [-0.39, 0.29) is 24.5 Å². The Kier molecular flexibility index (Phi) is 6.04. The van der Waals surface area contributed by atoms with Crippen molar-refractivity contribution in [2.45, 2.75) is 57.3 Å². The molecule has 2 rings (SSSR count). The summed E-state index contributed by atoms with van der Waals surface area (Å²) in [6.07, 6.45) is 1.16. The first-order valence-electron chi connectivity index (χ1n) is 8.06. The van der Waals surface area contributed by atoms with Crippen molar-refractivity contribution in [3.63, 3.8) is 0 Å². The van der Waals surface area contributed by atoms with Crippen molar-refractivity contribution in [3.05, 3.63) is 35.4 Å². The van der Waals surface area contributed by atoms with Crippen LogP contribution in [0.15, 0.2) is 24.3 Å². The average molecular weight is 328 g/mol. The molecule has 1 saturated carbocycles. The van der Waals surface area contributed by atoms with Crippen LogP contribution < -0.4 is 10.6 Å². The molecular weight excluding hydrogens is 305 g/mol. The van der Waals surface area contributed by atoms with E-state index in [4.69, 9.17) is 0 Å². The van der Waals surface area contributed by atoms with Crippen molar-refractivity contribution < 1.29 is 18.0 Å². The minimum Gasteiger partial charge on any atom is -0.352 e. The van der Waals surface area contributed by atoms with Gasteiger partial charge in [0, 0.05) is 12.1 Å². The summed E-state index contributed by atoms with van der Waals surface area (Å²) < 4.78 is 38.2. The number of carbonyl (C=O) groups is 1. The van der Waals surface area contributed by atoms with Gasteiger partial charge in [-0.05, 0) is 37.5 Å². The van der Waals surface area contributed by atoms with Gasteiger partial charge in [0.2, 0.25) is 5.91 Å². The number of amides is 1. The van der Waals surface area contributed by atoms with Crippen LogP contribution in [0.3, 0.4) is 0 Å². The van der Waals surface area contributed by atoms with Crippen molar-refractivity contribution in [2.24, 2.45) is 0 Å². The molecule has 0 heterocycles. The number of carbonyl (C=O) groups excluding carboxylic acids is 1. The van der Waals surface area contributed by atoms with Crippen molar-refractivity contribution in [2.75, 3.05) is 6.54 Å². The molecular formula is C17H23F3N2O. The van der Waals surface area contributed by atoms with E-state index in [1.54, 1.807) is 13.0 Å². The maximum absolute atomic E-state index is 12.7. The molecule has 1 atom stereocenters. The Morgan fingerprint density at radius 2 is 1.96 bits per heavy atom. The topological polar surface area (TPSA) is 41.1 Å². The number of nitrogens with one attached hydrogen (secondary N) is 2. The summed E-state index contributed by atoms with van der Waals surface area (Å²) in [5.74, 6) is -0.101. The third kappa shape index (κ3) is 5.53. The van der Waals surface area contributed by atoms with E-state index >= 15 is 0 Å². The van der Waals surface area contributed by atoms with Gasteiger partial charge < -0.3 is 10.6 Å². The first-order chi connectivity index (χ1) is 10.9. The Morgan fingerprint density at radius 1 is 1.26 bits per heavy atom. The molecule has 1 fully saturated rings. The highest BCUT2D eigenvalue weighted by atomic mass is 19.4. The van der Waals surface area contributed by atoms with Gasteiger partial charge >= 0.3 is 6.18 Å². The second kappa shape index (κ2) is 7.81. The van der Waals surface area contributed by atoms with Gasteiger partial charge in [-0.15, -0.1) is 0 Å². The number of rotatable bonds is 5. The first kappa shape index (κ1) is 17.8. The molecule has 0 bridgehead atoms. The maximum atomic E-state index is 12.7. The van der Waals surface area contributed by atoms with Crippen LogP contribution in [0.1, 0.15) is 56.2 Å². The number of halogens is 3. The molecule has 1 aromatic carbocycles. The highest BCUT2D eigenvalue weighted by molar-refractivity contribution is 5.78. The second-order valence-corrected chi connectivity index (χ2v) is 6.13. The van der Waals surface area contributed by atoms with Crippen LogP contribution in [0.4, 0.5) is 13.2 Å². The molecule has 1 aliphatic rings. The maximum Gasteiger partial charge on any atom is 0.416 e. The van der Waals surface area contributed by atoms with Gasteiger partial charge in [-0.3, -0.25) is 4.79 Å². The van der Waals surface area contributed by atoms with Gasteiger partial charge in [-0.25, -0.2) is 0 Å². The highest BCUT2D eigenvalue weighted by Gasteiger charge is 2.30. The van der Waals surface area contributed by atoms with Crippen LogP contribution in [0.2, 0.25) is 0 Å². The molecule has 1 aromatic rings. The third-order valence-electron chi connectivity index (χ3n) is 4.25. The molecule has 0 radical (unpaired) electrons. The zero-order valence-corrected chi connectivity index (χ0v) is 13.2. The lowest BCUT2D eigenvalue weighted by molar-refractivity contribution is -0.137. The SMILES string of the molecule is CC(NCC(=O)NC1CCCCC1)c1cccc(C(F)(F)F)c1. The molecule has 3 nitrogen and oxygen atoms in total. The lowest BCUT2D eigenvalue weighted by atomic mass is 9.95. The lowest BCUT2D eigenvalue weighted by Crippen LogP contribution is -2.41. The van der Waals surface area contributed by atoms with E-state index in [9.17, 15) is 18.0 Å². The molecule has 1 aliphatic carbocycles. The lowest BCUT2D eigenvalue weighted by Gasteiger charge is -2.23. The van der Waals surface area contributed by atoms with Crippen LogP contribution in [0.5, 0.6) is 0 Å². The van der Waals surface area contributed by atoms with E-state index in [1.807, 2.05) is 0 Å². The molecule has 1 amide bonds. The fraction of sp³-hybridized carbons (Fsp3) is 0.588. The predicted octanol–water partition coefficient (Wildman–Crippen LogP) is 3.80. The summed E-state index contributed by atoms with van der Waals surface area (Å²) in [5, 5.41) is 5.97. The largest absolute Gasteiger partial charge is 0.416 e. The van der Waals surface area contributed by atoms with E-state index < -0.39 is 11.7 Å². The molecule has 0 aliphatic heterocycles. The van der Waals surface area contributed by atoms with Crippen molar-refractivity contribution >= 4 is 5.91 Å². The Labute approximate surface area is 134 Å². The Balaban J connectivity index is 1.84. The number of benzene rings is 1. The Morgan fingerprint density at radius 3 is 2.61 bits per heavy atom. The molecule has 2 N–H and O–H groups in total. The molecule has 1 unspecified atom stereocenters. The molecule has 0 aromatic heterocycles. The summed E-state index contributed by atoms with van der Waals surface area (Å²) in [6, 6.07) is 5.10. The van der Waals surface area contributed by atoms with Crippen LogP contribution in [-0.2, 0) is 11.0 Å². The second-order valence-electron chi connectivity index (χ2n) is 6.13. The quantitative estimate of drug-likeness (QED) is 0.863. The summed E-state index contributed by atoms with van der Waals surface area (Å²) in [7, 11) is 0. The molecule has 0 saturated heterocycles. The van der Waals surface area contributed by atoms with Crippen molar-refractivity contribution in [1.29, 1.82) is 0 Å². The first-order valence-corrected chi connectivity index (χ1v) is 8.06. The summed E-state index contributed by atoms with van der Waals surface area (Å²) >= 11 is 0. The van der Waals surface area contributed by atoms with Crippen LogP contribution in [0, 0.1) is 0 Å². The smallest absolute Gasteiger partial charge is 0.352 e. The van der Waals surface area contributed by atoms with Gasteiger partial charge in [0.1, 0.15) is 0 Å². The third-order valence-corrected chi connectivity index (χ3v) is 4.25. The van der Waals surface area contributed by atoms with Gasteiger partial charge in [0.15, 0.2) is 0 Å². The van der Waals surface area contributed by atoms with E-state index in [0.717, 1.165) is 37.8 Å². The molecule has 23 heavy (non-hydrogen) atoms. The Bertz CT molecular complexity index is 525. The summed E-state index contributed by atoms with van der Waals surface area (Å²) in [6.45, 7) is 1.86. The van der Waals surface area contributed by atoms with E-state index in [0.29, 0.717) is 5.56 Å². The van der Waals surface area contributed by atoms with Crippen molar-refractivity contribution in [1.82, 2.24) is 10.6 Å². The van der Waals surface area contributed by atoms with Gasteiger partial charge in [-0.1, -0.05) is 31.4 Å². The normalized spacial score (nSPS) is 17.7. The molecule has 0 spiro atoms. The average Bonchev–Trinajstić information content (AvgIpc) is 2.53. The number of hydrogen-bond donors (Lipinski definition) is 2. The number of alkyl halides is 3. The van der Waals surface area contributed by atoms with Gasteiger partial charge in [0.05, 0.1) is 12.1 Å². The van der Waals surface area contributed by atoms with E-state index in [2.05, 4.69) is 10.6 Å². The zero-order valence-electron chi connectivity index (χ0n) is 13.2. The Hall–Kier alpha value is -1.56. The summed E-state index contributed by atoms with van der Waals surface area (Å²) in [5.41, 5.74) is -0.152. The zero-order chi connectivity index (χ0) is 16.9. The van der Waals surface area contributed by atoms with Crippen LogP contribution in [0.25, 0.3) is 0 Å². The predicted molar refractivity (Wildman–Crippen MR) is 82.9 cm³/mol. The minimum absolute atomic E-state index is 0.101. The fourth-order valence-corrected chi connectivity index (χ4v) is 2.87. The number of hydrogen-bond acceptors (Lipinski definition) is 2. The van der Waals surface area contributed by atoms with Crippen molar-refractivity contribution in [3.8, 4) is 0 Å². The van der Waals surface area contributed by atoms with Gasteiger partial charge in [0.25, 0.3) is 0 Å². The highest BCUT2D eigenvalue weighted by Crippen LogP contribution is 2.30. The van der Waals surface area contributed by atoms with Gasteiger partial charge in [-0.2, -0.15) is 13.2 Å². The van der Waals surface area contributed by atoms with Crippen LogP contribution >= 0.6 is 0 Å².